The smallest absolute Gasteiger partial charge is 0.337 e. The molecule has 0 saturated carbocycles. The van der Waals surface area contributed by atoms with Crippen LogP contribution in [0, 0.1) is 0 Å². The van der Waals surface area contributed by atoms with Crippen molar-refractivity contribution in [2.45, 2.75) is 0 Å². The van der Waals surface area contributed by atoms with Crippen molar-refractivity contribution >= 4 is 38.6 Å². The van der Waals surface area contributed by atoms with E-state index in [0.717, 1.165) is 10.2 Å². The van der Waals surface area contributed by atoms with Gasteiger partial charge >= 0.3 is 5.97 Å². The van der Waals surface area contributed by atoms with Crippen LogP contribution in [0.1, 0.15) is 20.7 Å². The molecule has 1 aromatic heterocycles. The molecule has 7 nitrogen and oxygen atoms in total. The number of aromatic nitrogens is 1. The van der Waals surface area contributed by atoms with Gasteiger partial charge < -0.3 is 9.47 Å². The van der Waals surface area contributed by atoms with Gasteiger partial charge in [0.15, 0.2) is 0 Å². The molecule has 0 bridgehead atoms. The minimum atomic E-state index is -0.450. The van der Waals surface area contributed by atoms with Gasteiger partial charge in [0.2, 0.25) is 5.13 Å². The van der Waals surface area contributed by atoms with Crippen LogP contribution in [-0.2, 0) is 4.74 Å². The Kier molecular flexibility index (Phi) is 4.80. The Hall–Kier alpha value is -3.13. The molecule has 128 valence electrons. The monoisotopic (exact) mass is 357 g/mol. The zero-order chi connectivity index (χ0) is 17.8. The van der Waals surface area contributed by atoms with E-state index in [1.165, 1.54) is 30.6 Å². The molecule has 0 aliphatic heterocycles. The average Bonchev–Trinajstić information content (AvgIpc) is 3.08. The third kappa shape index (κ3) is 3.53. The molecule has 0 spiro atoms. The quantitative estimate of drug-likeness (QED) is 0.539. The van der Waals surface area contributed by atoms with Gasteiger partial charge in [0.1, 0.15) is 11.3 Å². The summed E-state index contributed by atoms with van der Waals surface area (Å²) in [6.07, 6.45) is 0. The SMILES string of the molecule is COC(=O)c1ccc(C(=O)NNc2nc3c(OC)cccc3s2)cc1. The lowest BCUT2D eigenvalue weighted by Gasteiger charge is -2.06. The van der Waals surface area contributed by atoms with Crippen molar-refractivity contribution in [1.29, 1.82) is 0 Å². The first-order chi connectivity index (χ1) is 12.1. The van der Waals surface area contributed by atoms with Crippen molar-refractivity contribution in [2.24, 2.45) is 0 Å². The fourth-order valence-electron chi connectivity index (χ4n) is 2.20. The molecule has 0 unspecified atom stereocenters. The number of methoxy groups -OCH3 is 2. The molecule has 1 amide bonds. The summed E-state index contributed by atoms with van der Waals surface area (Å²) in [6, 6.07) is 11.8. The highest BCUT2D eigenvalue weighted by molar-refractivity contribution is 7.22. The summed E-state index contributed by atoms with van der Waals surface area (Å²) in [7, 11) is 2.89. The molecule has 3 aromatic rings. The first-order valence-electron chi connectivity index (χ1n) is 7.30. The lowest BCUT2D eigenvalue weighted by atomic mass is 10.1. The van der Waals surface area contributed by atoms with E-state index in [9.17, 15) is 9.59 Å². The van der Waals surface area contributed by atoms with Crippen molar-refractivity contribution in [2.75, 3.05) is 19.6 Å². The summed E-state index contributed by atoms with van der Waals surface area (Å²) < 4.78 is 10.8. The summed E-state index contributed by atoms with van der Waals surface area (Å²) in [5.41, 5.74) is 6.88. The fourth-order valence-corrected chi connectivity index (χ4v) is 3.04. The van der Waals surface area contributed by atoms with Gasteiger partial charge in [-0.05, 0) is 36.4 Å². The van der Waals surface area contributed by atoms with Crippen molar-refractivity contribution < 1.29 is 19.1 Å². The summed E-state index contributed by atoms with van der Waals surface area (Å²) in [5, 5.41) is 0.541. The molecule has 25 heavy (non-hydrogen) atoms. The zero-order valence-corrected chi connectivity index (χ0v) is 14.3. The Morgan fingerprint density at radius 3 is 2.44 bits per heavy atom. The first-order valence-corrected chi connectivity index (χ1v) is 8.12. The molecule has 0 saturated heterocycles. The number of benzene rings is 2. The van der Waals surface area contributed by atoms with E-state index in [-0.39, 0.29) is 5.91 Å². The number of thiazole rings is 1. The minimum Gasteiger partial charge on any atom is -0.494 e. The number of hydrogen-bond acceptors (Lipinski definition) is 7. The number of hydrazine groups is 1. The molecule has 2 N–H and O–H groups in total. The number of ether oxygens (including phenoxy) is 2. The van der Waals surface area contributed by atoms with E-state index >= 15 is 0 Å². The van der Waals surface area contributed by atoms with Crippen molar-refractivity contribution in [1.82, 2.24) is 10.4 Å². The summed E-state index contributed by atoms with van der Waals surface area (Å²) in [6.45, 7) is 0. The molecule has 3 rings (SSSR count). The zero-order valence-electron chi connectivity index (χ0n) is 13.5. The Bertz CT molecular complexity index is 921. The van der Waals surface area contributed by atoms with Crippen molar-refractivity contribution in [3.05, 3.63) is 53.6 Å². The Labute approximate surface area is 147 Å². The number of carbonyl (C=O) groups excluding carboxylic acids is 2. The van der Waals surface area contributed by atoms with Gasteiger partial charge in [-0.1, -0.05) is 17.4 Å². The van der Waals surface area contributed by atoms with Crippen LogP contribution >= 0.6 is 11.3 Å². The molecule has 0 radical (unpaired) electrons. The van der Waals surface area contributed by atoms with Gasteiger partial charge in [-0.3, -0.25) is 15.6 Å². The number of hydrogen-bond donors (Lipinski definition) is 2. The third-order valence-corrected chi connectivity index (χ3v) is 4.39. The molecule has 0 aliphatic rings. The number of carbonyl (C=O) groups is 2. The summed E-state index contributed by atoms with van der Waals surface area (Å²) >= 11 is 1.40. The predicted octanol–water partition coefficient (Wildman–Crippen LogP) is 2.85. The van der Waals surface area contributed by atoms with Gasteiger partial charge in [-0.25, -0.2) is 9.78 Å². The van der Waals surface area contributed by atoms with Crippen LogP contribution in [0.4, 0.5) is 5.13 Å². The van der Waals surface area contributed by atoms with Crippen LogP contribution in [0.15, 0.2) is 42.5 Å². The summed E-state index contributed by atoms with van der Waals surface area (Å²) in [5.74, 6) is -0.123. The topological polar surface area (TPSA) is 89.6 Å². The Balaban J connectivity index is 1.69. The largest absolute Gasteiger partial charge is 0.494 e. The Morgan fingerprint density at radius 1 is 1.04 bits per heavy atom. The maximum absolute atomic E-state index is 12.2. The van der Waals surface area contributed by atoms with Gasteiger partial charge in [0.05, 0.1) is 24.5 Å². The molecular weight excluding hydrogens is 342 g/mol. The maximum Gasteiger partial charge on any atom is 0.337 e. The van der Waals surface area contributed by atoms with Gasteiger partial charge in [-0.2, -0.15) is 0 Å². The molecule has 1 heterocycles. The van der Waals surface area contributed by atoms with Crippen molar-refractivity contribution in [3.63, 3.8) is 0 Å². The Morgan fingerprint density at radius 2 is 1.76 bits per heavy atom. The standard InChI is InChI=1S/C17H15N3O4S/c1-23-12-4-3-5-13-14(12)18-17(25-13)20-19-15(21)10-6-8-11(9-7-10)16(22)24-2/h3-9H,1-2H3,(H,18,20)(H,19,21). The minimum absolute atomic E-state index is 0.345. The second-order valence-corrected chi connectivity index (χ2v) is 6.00. The summed E-state index contributed by atoms with van der Waals surface area (Å²) in [4.78, 5) is 28.0. The number of esters is 1. The van der Waals surface area contributed by atoms with E-state index in [0.29, 0.717) is 22.0 Å². The third-order valence-electron chi connectivity index (χ3n) is 3.45. The van der Waals surface area contributed by atoms with E-state index in [4.69, 9.17) is 4.74 Å². The normalized spacial score (nSPS) is 10.3. The number of fused-ring (bicyclic) bond motifs is 1. The number of rotatable bonds is 5. The van der Waals surface area contributed by atoms with E-state index < -0.39 is 5.97 Å². The lowest BCUT2D eigenvalue weighted by Crippen LogP contribution is -2.29. The lowest BCUT2D eigenvalue weighted by molar-refractivity contribution is 0.0600. The molecule has 8 heteroatoms. The van der Waals surface area contributed by atoms with Gasteiger partial charge in [0, 0.05) is 5.56 Å². The van der Waals surface area contributed by atoms with Crippen molar-refractivity contribution in [3.8, 4) is 5.75 Å². The van der Waals surface area contributed by atoms with Crippen LogP contribution in [-0.4, -0.2) is 31.1 Å². The molecule has 0 atom stereocenters. The van der Waals surface area contributed by atoms with Crippen LogP contribution in [0.25, 0.3) is 10.2 Å². The fraction of sp³-hybridized carbons (Fsp3) is 0.118. The predicted molar refractivity (Wildman–Crippen MR) is 95.0 cm³/mol. The number of anilines is 1. The van der Waals surface area contributed by atoms with Crippen LogP contribution in [0.3, 0.4) is 0 Å². The van der Waals surface area contributed by atoms with Crippen LogP contribution < -0.4 is 15.6 Å². The number of nitrogens with one attached hydrogen (secondary N) is 2. The van der Waals surface area contributed by atoms with Gasteiger partial charge in [-0.15, -0.1) is 0 Å². The number of nitrogens with zero attached hydrogens (tertiary/aromatic N) is 1. The maximum atomic E-state index is 12.2. The number of amides is 1. The second-order valence-electron chi connectivity index (χ2n) is 4.97. The molecular formula is C17H15N3O4S. The van der Waals surface area contributed by atoms with E-state index in [1.807, 2.05) is 18.2 Å². The molecule has 2 aromatic carbocycles. The van der Waals surface area contributed by atoms with Crippen LogP contribution in [0.5, 0.6) is 5.75 Å². The highest BCUT2D eigenvalue weighted by Gasteiger charge is 2.11. The second kappa shape index (κ2) is 7.18. The van der Waals surface area contributed by atoms with Gasteiger partial charge in [0.25, 0.3) is 5.91 Å². The average molecular weight is 357 g/mol. The number of para-hydroxylation sites is 1. The molecule has 0 aliphatic carbocycles. The van der Waals surface area contributed by atoms with Crippen LogP contribution in [0.2, 0.25) is 0 Å². The van der Waals surface area contributed by atoms with E-state index in [2.05, 4.69) is 20.6 Å². The highest BCUT2D eigenvalue weighted by atomic mass is 32.1. The van der Waals surface area contributed by atoms with E-state index in [1.54, 1.807) is 19.2 Å². The highest BCUT2D eigenvalue weighted by Crippen LogP contribution is 2.31. The first kappa shape index (κ1) is 16.7. The molecule has 0 fully saturated rings.